The Morgan fingerprint density at radius 3 is 2.52 bits per heavy atom. The van der Waals surface area contributed by atoms with Crippen molar-refractivity contribution >= 4 is 33.0 Å². The van der Waals surface area contributed by atoms with E-state index in [2.05, 4.69) is 0 Å². The Hall–Kier alpha value is -1.53. The molecule has 0 spiro atoms. The van der Waals surface area contributed by atoms with E-state index >= 15 is 0 Å². The third-order valence-electron chi connectivity index (χ3n) is 3.05. The molecule has 7 heteroatoms. The zero-order valence-corrected chi connectivity index (χ0v) is 13.1. The highest BCUT2D eigenvalue weighted by Crippen LogP contribution is 2.25. The highest BCUT2D eigenvalue weighted by Gasteiger charge is 2.30. The Balaban J connectivity index is 2.28. The summed E-state index contributed by atoms with van der Waals surface area (Å²) in [5, 5.41) is 1.14. The van der Waals surface area contributed by atoms with Gasteiger partial charge in [-0.25, -0.2) is 8.42 Å². The molecule has 0 radical (unpaired) electrons. The fraction of sp³-hybridized carbons (Fsp3) is 0.357. The molecule has 1 atom stereocenters. The van der Waals surface area contributed by atoms with Gasteiger partial charge in [0.1, 0.15) is 11.6 Å². The number of carbonyl (C=O) groups is 1. The molecule has 0 aromatic heterocycles. The fourth-order valence-corrected chi connectivity index (χ4v) is 3.57. The van der Waals surface area contributed by atoms with Crippen LogP contribution in [0.2, 0.25) is 0 Å². The third kappa shape index (κ3) is 3.77. The highest BCUT2D eigenvalue weighted by molar-refractivity contribution is 7.94. The molecule has 2 rings (SSSR count). The Morgan fingerprint density at radius 2 is 2.05 bits per heavy atom. The first-order chi connectivity index (χ1) is 9.96. The van der Waals surface area contributed by atoms with E-state index in [1.165, 1.54) is 11.0 Å². The summed E-state index contributed by atoms with van der Waals surface area (Å²) in [6, 6.07) is 6.38. The van der Waals surface area contributed by atoms with E-state index in [0.717, 1.165) is 5.41 Å². The molecule has 21 heavy (non-hydrogen) atoms. The van der Waals surface area contributed by atoms with Crippen LogP contribution < -0.4 is 9.64 Å². The molecule has 0 bridgehead atoms. The van der Waals surface area contributed by atoms with Crippen LogP contribution in [-0.2, 0) is 14.6 Å². The zero-order valence-electron chi connectivity index (χ0n) is 11.5. The Bertz CT molecular complexity index is 639. The number of anilines is 1. The summed E-state index contributed by atoms with van der Waals surface area (Å²) in [5.74, 6) is 0.0159. The van der Waals surface area contributed by atoms with Gasteiger partial charge in [0, 0.05) is 11.1 Å². The Kier molecular flexibility index (Phi) is 4.90. The summed E-state index contributed by atoms with van der Waals surface area (Å²) in [6.45, 7) is 2.43. The molecule has 0 aliphatic carbocycles. The SMILES string of the molecule is CCOc1ccc(N(C(=O)CCl)C2C=CS(=O)(=O)C2)cc1. The minimum absolute atomic E-state index is 0.122. The number of nitrogens with zero attached hydrogens (tertiary/aromatic N) is 1. The average molecular weight is 330 g/mol. The van der Waals surface area contributed by atoms with Crippen LogP contribution in [0.4, 0.5) is 5.69 Å². The molecule has 1 aromatic carbocycles. The number of hydrogen-bond acceptors (Lipinski definition) is 4. The van der Waals surface area contributed by atoms with Crippen molar-refractivity contribution in [3.8, 4) is 5.75 Å². The van der Waals surface area contributed by atoms with Crippen LogP contribution in [0.25, 0.3) is 0 Å². The van der Waals surface area contributed by atoms with Crippen molar-refractivity contribution in [1.82, 2.24) is 0 Å². The molecule has 0 N–H and O–H groups in total. The van der Waals surface area contributed by atoms with Crippen LogP contribution >= 0.6 is 11.6 Å². The van der Waals surface area contributed by atoms with Gasteiger partial charge in [0.25, 0.3) is 0 Å². The van der Waals surface area contributed by atoms with E-state index in [4.69, 9.17) is 16.3 Å². The lowest BCUT2D eigenvalue weighted by Gasteiger charge is -2.27. The van der Waals surface area contributed by atoms with Crippen LogP contribution in [0.5, 0.6) is 5.75 Å². The third-order valence-corrected chi connectivity index (χ3v) is 4.66. The standard InChI is InChI=1S/C14H16ClNO4S/c1-2-20-13-5-3-11(4-6-13)16(14(17)9-15)12-7-8-21(18,19)10-12/h3-8,12H,2,9-10H2,1H3. The van der Waals surface area contributed by atoms with E-state index in [9.17, 15) is 13.2 Å². The number of ether oxygens (including phenoxy) is 1. The molecular weight excluding hydrogens is 314 g/mol. The van der Waals surface area contributed by atoms with E-state index < -0.39 is 15.9 Å². The van der Waals surface area contributed by atoms with E-state index in [1.54, 1.807) is 24.3 Å². The highest BCUT2D eigenvalue weighted by atomic mass is 35.5. The van der Waals surface area contributed by atoms with Crippen molar-refractivity contribution in [3.05, 3.63) is 35.7 Å². The Labute approximate surface area is 129 Å². The predicted octanol–water partition coefficient (Wildman–Crippen LogP) is 1.97. The minimum atomic E-state index is -3.25. The van der Waals surface area contributed by atoms with Gasteiger partial charge in [0.15, 0.2) is 9.84 Å². The molecule has 1 amide bonds. The molecule has 5 nitrogen and oxygen atoms in total. The van der Waals surface area contributed by atoms with E-state index in [-0.39, 0.29) is 17.5 Å². The minimum Gasteiger partial charge on any atom is -0.494 e. The first-order valence-electron chi connectivity index (χ1n) is 6.48. The van der Waals surface area contributed by atoms with E-state index in [0.29, 0.717) is 18.0 Å². The normalized spacial score (nSPS) is 19.4. The summed E-state index contributed by atoms with van der Waals surface area (Å²) in [5.41, 5.74) is 0.593. The molecule has 1 aromatic rings. The van der Waals surface area contributed by atoms with Gasteiger partial charge in [-0.15, -0.1) is 11.6 Å². The second-order valence-corrected chi connectivity index (χ2v) is 6.75. The lowest BCUT2D eigenvalue weighted by atomic mass is 10.2. The molecule has 0 saturated carbocycles. The van der Waals surface area contributed by atoms with Crippen molar-refractivity contribution in [2.24, 2.45) is 0 Å². The van der Waals surface area contributed by atoms with E-state index in [1.807, 2.05) is 6.92 Å². The molecule has 114 valence electrons. The molecule has 1 aliphatic heterocycles. The van der Waals surface area contributed by atoms with Gasteiger partial charge in [0.2, 0.25) is 5.91 Å². The largest absolute Gasteiger partial charge is 0.494 e. The maximum atomic E-state index is 12.1. The maximum Gasteiger partial charge on any atom is 0.242 e. The van der Waals surface area contributed by atoms with Gasteiger partial charge < -0.3 is 9.64 Å². The van der Waals surface area contributed by atoms with Crippen LogP contribution in [0.1, 0.15) is 6.92 Å². The smallest absolute Gasteiger partial charge is 0.242 e. The summed E-state index contributed by atoms with van der Waals surface area (Å²) in [6.07, 6.45) is 1.51. The predicted molar refractivity (Wildman–Crippen MR) is 82.5 cm³/mol. The van der Waals surface area contributed by atoms with Crippen LogP contribution in [-0.4, -0.2) is 38.6 Å². The number of hydrogen-bond donors (Lipinski definition) is 0. The Morgan fingerprint density at radius 1 is 1.38 bits per heavy atom. The van der Waals surface area contributed by atoms with Gasteiger partial charge in [-0.1, -0.05) is 0 Å². The number of rotatable bonds is 5. The van der Waals surface area contributed by atoms with Gasteiger partial charge >= 0.3 is 0 Å². The van der Waals surface area contributed by atoms with Crippen LogP contribution in [0.15, 0.2) is 35.7 Å². The van der Waals surface area contributed by atoms with Crippen molar-refractivity contribution in [1.29, 1.82) is 0 Å². The number of amides is 1. The molecular formula is C14H16ClNO4S. The summed E-state index contributed by atoms with van der Waals surface area (Å²) >= 11 is 5.64. The number of sulfone groups is 1. The second kappa shape index (κ2) is 6.49. The monoisotopic (exact) mass is 329 g/mol. The first kappa shape index (κ1) is 15.9. The number of alkyl halides is 1. The molecule has 1 unspecified atom stereocenters. The van der Waals surface area contributed by atoms with Crippen molar-refractivity contribution in [2.45, 2.75) is 13.0 Å². The summed E-state index contributed by atoms with van der Waals surface area (Å²) < 4.78 is 28.4. The number of carbonyl (C=O) groups excluding carboxylic acids is 1. The van der Waals surface area contributed by atoms with Gasteiger partial charge in [-0.3, -0.25) is 4.79 Å². The number of benzene rings is 1. The topological polar surface area (TPSA) is 63.7 Å². The van der Waals surface area contributed by atoms with Crippen molar-refractivity contribution in [2.75, 3.05) is 23.1 Å². The average Bonchev–Trinajstić information content (AvgIpc) is 2.81. The molecule has 1 heterocycles. The molecule has 0 fully saturated rings. The zero-order chi connectivity index (χ0) is 15.5. The van der Waals surface area contributed by atoms with Gasteiger partial charge in [0.05, 0.1) is 18.4 Å². The molecule has 0 saturated heterocycles. The quantitative estimate of drug-likeness (QED) is 0.775. The summed E-state index contributed by atoms with van der Waals surface area (Å²) in [4.78, 5) is 13.5. The lowest BCUT2D eigenvalue weighted by Crippen LogP contribution is -2.41. The molecule has 1 aliphatic rings. The lowest BCUT2D eigenvalue weighted by molar-refractivity contribution is -0.116. The van der Waals surface area contributed by atoms with Crippen LogP contribution in [0, 0.1) is 0 Å². The first-order valence-corrected chi connectivity index (χ1v) is 8.73. The van der Waals surface area contributed by atoms with Crippen molar-refractivity contribution in [3.63, 3.8) is 0 Å². The van der Waals surface area contributed by atoms with Crippen LogP contribution in [0.3, 0.4) is 0 Å². The summed E-state index contributed by atoms with van der Waals surface area (Å²) in [7, 11) is -3.25. The van der Waals surface area contributed by atoms with Gasteiger partial charge in [-0.2, -0.15) is 0 Å². The second-order valence-electron chi connectivity index (χ2n) is 4.55. The van der Waals surface area contributed by atoms with Crippen molar-refractivity contribution < 1.29 is 17.9 Å². The maximum absolute atomic E-state index is 12.1. The number of halogens is 1. The van der Waals surface area contributed by atoms with Gasteiger partial charge in [-0.05, 0) is 37.3 Å². The fourth-order valence-electron chi connectivity index (χ4n) is 2.17.